The molecule has 1 aromatic carbocycles. The van der Waals surface area contributed by atoms with E-state index in [1.54, 1.807) is 10.9 Å². The molecule has 2 aromatic rings. The molecule has 0 spiro atoms. The SMILES string of the molecule is CCn1cc(NC(=O)c2cc(O)cc(O)c2)cn1. The number of carbonyl (C=O) groups excluding carboxylic acids is 1. The maximum Gasteiger partial charge on any atom is 0.256 e. The minimum Gasteiger partial charge on any atom is -0.508 e. The van der Waals surface area contributed by atoms with E-state index < -0.39 is 5.91 Å². The minimum absolute atomic E-state index is 0.163. The van der Waals surface area contributed by atoms with Gasteiger partial charge in [0.05, 0.1) is 11.9 Å². The minimum atomic E-state index is -0.420. The third kappa shape index (κ3) is 2.60. The summed E-state index contributed by atoms with van der Waals surface area (Å²) < 4.78 is 1.68. The summed E-state index contributed by atoms with van der Waals surface area (Å²) in [6, 6.07) is 3.71. The molecule has 6 heteroatoms. The fraction of sp³-hybridized carbons (Fsp3) is 0.167. The van der Waals surface area contributed by atoms with Crippen LogP contribution >= 0.6 is 0 Å². The van der Waals surface area contributed by atoms with Gasteiger partial charge in [-0.2, -0.15) is 5.10 Å². The maximum absolute atomic E-state index is 11.8. The van der Waals surface area contributed by atoms with E-state index in [2.05, 4.69) is 10.4 Å². The van der Waals surface area contributed by atoms with Gasteiger partial charge in [0, 0.05) is 24.4 Å². The van der Waals surface area contributed by atoms with Gasteiger partial charge in [-0.05, 0) is 19.1 Å². The van der Waals surface area contributed by atoms with E-state index in [4.69, 9.17) is 0 Å². The second kappa shape index (κ2) is 4.79. The first kappa shape index (κ1) is 12.0. The molecule has 18 heavy (non-hydrogen) atoms. The largest absolute Gasteiger partial charge is 0.508 e. The molecular formula is C12H13N3O3. The number of carbonyl (C=O) groups is 1. The number of phenols is 2. The topological polar surface area (TPSA) is 87.4 Å². The third-order valence-corrected chi connectivity index (χ3v) is 2.38. The smallest absolute Gasteiger partial charge is 0.256 e. The zero-order chi connectivity index (χ0) is 13.1. The van der Waals surface area contributed by atoms with Crippen LogP contribution in [-0.2, 0) is 6.54 Å². The molecule has 0 fully saturated rings. The number of anilines is 1. The first-order valence-electron chi connectivity index (χ1n) is 5.45. The second-order valence-corrected chi connectivity index (χ2v) is 3.78. The lowest BCUT2D eigenvalue weighted by molar-refractivity contribution is 0.102. The van der Waals surface area contributed by atoms with Crippen molar-refractivity contribution >= 4 is 11.6 Å². The summed E-state index contributed by atoms with van der Waals surface area (Å²) in [6.07, 6.45) is 3.23. The van der Waals surface area contributed by atoms with Crippen molar-refractivity contribution in [1.82, 2.24) is 9.78 Å². The number of hydrogen-bond donors (Lipinski definition) is 3. The lowest BCUT2D eigenvalue weighted by atomic mass is 10.2. The van der Waals surface area contributed by atoms with E-state index >= 15 is 0 Å². The molecule has 0 aliphatic carbocycles. The summed E-state index contributed by atoms with van der Waals surface area (Å²) >= 11 is 0. The van der Waals surface area contributed by atoms with Crippen LogP contribution in [0.1, 0.15) is 17.3 Å². The summed E-state index contributed by atoms with van der Waals surface area (Å²) in [5.74, 6) is -0.745. The molecular weight excluding hydrogens is 234 g/mol. The molecule has 94 valence electrons. The maximum atomic E-state index is 11.8. The zero-order valence-corrected chi connectivity index (χ0v) is 9.79. The molecule has 0 aliphatic heterocycles. The molecule has 0 radical (unpaired) electrons. The number of amides is 1. The third-order valence-electron chi connectivity index (χ3n) is 2.38. The predicted molar refractivity (Wildman–Crippen MR) is 65.6 cm³/mol. The van der Waals surface area contributed by atoms with Gasteiger partial charge in [-0.15, -0.1) is 0 Å². The fourth-order valence-corrected chi connectivity index (χ4v) is 1.53. The molecule has 6 nitrogen and oxygen atoms in total. The molecule has 0 aliphatic rings. The van der Waals surface area contributed by atoms with Gasteiger partial charge < -0.3 is 15.5 Å². The van der Waals surface area contributed by atoms with Crippen LogP contribution < -0.4 is 5.32 Å². The Bertz CT molecular complexity index is 557. The molecule has 0 saturated heterocycles. The Morgan fingerprint density at radius 3 is 2.56 bits per heavy atom. The van der Waals surface area contributed by atoms with Crippen LogP contribution in [0.2, 0.25) is 0 Å². The van der Waals surface area contributed by atoms with Crippen molar-refractivity contribution < 1.29 is 15.0 Å². The van der Waals surface area contributed by atoms with Crippen LogP contribution in [0.25, 0.3) is 0 Å². The molecule has 0 saturated carbocycles. The molecule has 1 aromatic heterocycles. The van der Waals surface area contributed by atoms with Gasteiger partial charge in [-0.1, -0.05) is 0 Å². The van der Waals surface area contributed by atoms with Gasteiger partial charge in [0.2, 0.25) is 0 Å². The Labute approximate surface area is 103 Å². The first-order valence-corrected chi connectivity index (χ1v) is 5.45. The van der Waals surface area contributed by atoms with Crippen LogP contribution in [0, 0.1) is 0 Å². The Morgan fingerprint density at radius 1 is 1.33 bits per heavy atom. The Morgan fingerprint density at radius 2 is 2.00 bits per heavy atom. The average molecular weight is 247 g/mol. The van der Waals surface area contributed by atoms with Crippen molar-refractivity contribution in [1.29, 1.82) is 0 Å². The molecule has 0 atom stereocenters. The Kier molecular flexibility index (Phi) is 3.18. The van der Waals surface area contributed by atoms with E-state index in [0.29, 0.717) is 12.2 Å². The van der Waals surface area contributed by atoms with Crippen molar-refractivity contribution in [2.75, 3.05) is 5.32 Å². The number of nitrogens with zero attached hydrogens (tertiary/aromatic N) is 2. The highest BCUT2D eigenvalue weighted by atomic mass is 16.3. The molecule has 2 rings (SSSR count). The lowest BCUT2D eigenvalue weighted by Crippen LogP contribution is -2.11. The summed E-state index contributed by atoms with van der Waals surface area (Å²) in [5, 5.41) is 25.2. The molecule has 0 unspecified atom stereocenters. The summed E-state index contributed by atoms with van der Waals surface area (Å²) in [5.41, 5.74) is 0.737. The van der Waals surface area contributed by atoms with Crippen LogP contribution in [-0.4, -0.2) is 25.9 Å². The first-order chi connectivity index (χ1) is 8.58. The monoisotopic (exact) mass is 247 g/mol. The highest BCUT2D eigenvalue weighted by Crippen LogP contribution is 2.21. The van der Waals surface area contributed by atoms with E-state index in [9.17, 15) is 15.0 Å². The summed E-state index contributed by atoms with van der Waals surface area (Å²) in [4.78, 5) is 11.8. The van der Waals surface area contributed by atoms with Crippen molar-refractivity contribution in [3.05, 3.63) is 36.2 Å². The molecule has 1 heterocycles. The Hall–Kier alpha value is -2.50. The average Bonchev–Trinajstić information content (AvgIpc) is 2.75. The van der Waals surface area contributed by atoms with Crippen LogP contribution in [0.3, 0.4) is 0 Å². The van der Waals surface area contributed by atoms with E-state index in [0.717, 1.165) is 6.07 Å². The van der Waals surface area contributed by atoms with E-state index in [-0.39, 0.29) is 17.1 Å². The number of benzene rings is 1. The summed E-state index contributed by atoms with van der Waals surface area (Å²) in [7, 11) is 0. The highest BCUT2D eigenvalue weighted by molar-refractivity contribution is 6.04. The van der Waals surface area contributed by atoms with Gasteiger partial charge in [0.15, 0.2) is 0 Å². The second-order valence-electron chi connectivity index (χ2n) is 3.78. The van der Waals surface area contributed by atoms with E-state index in [1.807, 2.05) is 6.92 Å². The lowest BCUT2D eigenvalue weighted by Gasteiger charge is -2.03. The van der Waals surface area contributed by atoms with Crippen molar-refractivity contribution in [2.24, 2.45) is 0 Å². The number of aromatic nitrogens is 2. The predicted octanol–water partition coefficient (Wildman–Crippen LogP) is 1.57. The highest BCUT2D eigenvalue weighted by Gasteiger charge is 2.09. The van der Waals surface area contributed by atoms with Gasteiger partial charge in [0.1, 0.15) is 11.5 Å². The van der Waals surface area contributed by atoms with Crippen molar-refractivity contribution in [2.45, 2.75) is 13.5 Å². The number of nitrogens with one attached hydrogen (secondary N) is 1. The van der Waals surface area contributed by atoms with Crippen molar-refractivity contribution in [3.8, 4) is 11.5 Å². The normalized spacial score (nSPS) is 10.3. The molecule has 3 N–H and O–H groups in total. The quantitative estimate of drug-likeness (QED) is 0.768. The number of aryl methyl sites for hydroxylation is 1. The summed E-state index contributed by atoms with van der Waals surface area (Å²) in [6.45, 7) is 2.65. The number of phenolic OH excluding ortho intramolecular Hbond substituents is 2. The molecule has 1 amide bonds. The zero-order valence-electron chi connectivity index (χ0n) is 9.79. The molecule has 0 bridgehead atoms. The van der Waals surface area contributed by atoms with Crippen LogP contribution in [0.15, 0.2) is 30.6 Å². The number of hydrogen-bond acceptors (Lipinski definition) is 4. The van der Waals surface area contributed by atoms with Gasteiger partial charge in [0.25, 0.3) is 5.91 Å². The number of rotatable bonds is 3. The van der Waals surface area contributed by atoms with Gasteiger partial charge in [-0.25, -0.2) is 0 Å². The number of aromatic hydroxyl groups is 2. The standard InChI is InChI=1S/C12H13N3O3/c1-2-15-7-9(6-13-15)14-12(18)8-3-10(16)5-11(17)4-8/h3-7,16-17H,2H2,1H3,(H,14,18). The van der Waals surface area contributed by atoms with Gasteiger partial charge >= 0.3 is 0 Å². The van der Waals surface area contributed by atoms with Crippen LogP contribution in [0.4, 0.5) is 5.69 Å². The van der Waals surface area contributed by atoms with Gasteiger partial charge in [-0.3, -0.25) is 9.48 Å². The van der Waals surface area contributed by atoms with E-state index in [1.165, 1.54) is 18.3 Å². The fourth-order valence-electron chi connectivity index (χ4n) is 1.53. The Balaban J connectivity index is 2.16. The van der Waals surface area contributed by atoms with Crippen molar-refractivity contribution in [3.63, 3.8) is 0 Å². The van der Waals surface area contributed by atoms with Crippen LogP contribution in [0.5, 0.6) is 11.5 Å².